The molecule has 4 amide bonds. The highest BCUT2D eigenvalue weighted by Crippen LogP contribution is 2.59. The lowest BCUT2D eigenvalue weighted by Crippen LogP contribution is -2.55. The maximum absolute atomic E-state index is 17.0. The van der Waals surface area contributed by atoms with Gasteiger partial charge < -0.3 is 37.9 Å². The van der Waals surface area contributed by atoms with Crippen LogP contribution in [0.15, 0.2) is 291 Å². The normalized spacial score (nSPS) is 13.8. The highest BCUT2D eigenvalue weighted by molar-refractivity contribution is 6.45. The van der Waals surface area contributed by atoms with Crippen LogP contribution in [0.3, 0.4) is 0 Å². The van der Waals surface area contributed by atoms with Crippen LogP contribution in [0, 0.1) is 11.8 Å². The number of fused-ring (bicyclic) bond motifs is 2. The SMILES string of the molecule is CCCCOCC(C)C(C(=O)Oc1ccc(C(C)(C)C)cc1)N1C(=O)c2cc(Oc3ccc(-c4ccccc4)cc3)c3c4c(Oc5ccc(-c6ccccc6)cc5)cc5c6c(cc(Oc7ccc(-c8ccccc8)cc7)c(c7c(Oc8ccc(-c9ccccc9)cc8)cc(c2c37)C1=O)c64)C(=O)N(C(C(=O)Oc1ccc(C(C)(C)C)cc1)C(C)COCCC)C5=O. The number of ether oxygens (including phenoxy) is 8. The van der Waals surface area contributed by atoms with Crippen molar-refractivity contribution in [1.29, 1.82) is 0 Å². The maximum atomic E-state index is 17.0. The molecule has 17 rings (SSSR count). The highest BCUT2D eigenvalue weighted by Gasteiger charge is 2.49. The summed E-state index contributed by atoms with van der Waals surface area (Å²) in [4.78, 5) is 102. The van der Waals surface area contributed by atoms with Gasteiger partial charge in [-0.25, -0.2) is 9.59 Å². The second-order valence-corrected chi connectivity index (χ2v) is 34.4. The Hall–Kier alpha value is -14.1. The fraction of sp³-hybridized carbons (Fsp3) is 0.211. The molecule has 0 N–H and O–H groups in total. The molecule has 0 radical (unpaired) electrons. The molecule has 0 saturated heterocycles. The lowest BCUT2D eigenvalue weighted by atomic mass is 9.80. The van der Waals surface area contributed by atoms with Crippen LogP contribution < -0.4 is 28.4 Å². The first-order valence-electron chi connectivity index (χ1n) is 42.7. The standard InChI is InChI=1S/C109H96N2O14/c1-11-13-59-119-65-67(4)101(107(117)125-83-56-44-77(45-57-83)109(8,9)10)111-104(114)86-62-90(122-80-50-38-74(39-51-80)70-30-22-16-23-31-70)96-94-88(120-78-46-34-72(35-47-78)68-26-18-14-19-27-68)60-84-92-85(103(113)110(102(84)112)100(66(3)64-118-58-12-2)106(116)124-82-54-42-76(43-55-82)108(5,6)7)61-89(121-79-48-36-73(37-49-79)69-28-20-15-21-29-69)95(98(92)94)97-91(63-87(105(111)115)93(86)99(96)97)123-81-52-40-75(41-53-81)71-32-24-17-25-33-71/h14-57,60-63,66-67,100-101H,11-13,58-59,64-65H2,1-10H3. The minimum absolute atomic E-state index is 0.0384. The van der Waals surface area contributed by atoms with E-state index in [1.54, 1.807) is 62.4 Å². The van der Waals surface area contributed by atoms with E-state index >= 15 is 28.8 Å². The number of imide groups is 2. The molecule has 16 heteroatoms. The van der Waals surface area contributed by atoms with Crippen molar-refractivity contribution in [3.05, 3.63) is 325 Å². The summed E-state index contributed by atoms with van der Waals surface area (Å²) in [5.74, 6) is -5.17. The van der Waals surface area contributed by atoms with Gasteiger partial charge in [-0.1, -0.05) is 270 Å². The van der Waals surface area contributed by atoms with Crippen molar-refractivity contribution in [3.63, 3.8) is 0 Å². The molecule has 15 aromatic carbocycles. The molecule has 4 atom stereocenters. The van der Waals surface area contributed by atoms with Gasteiger partial charge in [0.15, 0.2) is 0 Å². The summed E-state index contributed by atoms with van der Waals surface area (Å²) in [6, 6.07) is 87.0. The molecule has 125 heavy (non-hydrogen) atoms. The van der Waals surface area contributed by atoms with E-state index in [-0.39, 0.29) is 124 Å². The number of carbonyl (C=O) groups is 6. The summed E-state index contributed by atoms with van der Waals surface area (Å²) in [5, 5.41) is 1.72. The molecule has 0 aromatic heterocycles. The zero-order valence-electron chi connectivity index (χ0n) is 71.6. The van der Waals surface area contributed by atoms with Gasteiger partial charge in [-0.05, 0) is 176 Å². The lowest BCUT2D eigenvalue weighted by molar-refractivity contribution is -0.142. The first-order valence-corrected chi connectivity index (χ1v) is 42.7. The van der Waals surface area contributed by atoms with Gasteiger partial charge in [0.05, 0.1) is 35.5 Å². The molecule has 16 nitrogen and oxygen atoms in total. The average molecular weight is 1660 g/mol. The minimum Gasteiger partial charge on any atom is -0.457 e. The van der Waals surface area contributed by atoms with Crippen molar-refractivity contribution in [2.75, 3.05) is 26.4 Å². The van der Waals surface area contributed by atoms with E-state index in [9.17, 15) is 0 Å². The zero-order chi connectivity index (χ0) is 87.0. The number of rotatable bonds is 29. The molecular weight excluding hydrogens is 1560 g/mol. The van der Waals surface area contributed by atoms with Crippen LogP contribution in [0.5, 0.6) is 57.5 Å². The monoisotopic (exact) mass is 1660 g/mol. The summed E-state index contributed by atoms with van der Waals surface area (Å²) in [5.41, 5.74) is 8.56. The molecule has 0 aliphatic carbocycles. The Balaban J connectivity index is 0.985. The van der Waals surface area contributed by atoms with Crippen molar-refractivity contribution in [2.24, 2.45) is 11.8 Å². The Bertz CT molecular complexity index is 5980. The third-order valence-electron chi connectivity index (χ3n) is 23.5. The van der Waals surface area contributed by atoms with Crippen molar-refractivity contribution in [3.8, 4) is 102 Å². The zero-order valence-corrected chi connectivity index (χ0v) is 71.6. The van der Waals surface area contributed by atoms with Gasteiger partial charge in [0.25, 0.3) is 23.6 Å². The van der Waals surface area contributed by atoms with Gasteiger partial charge in [-0.3, -0.25) is 29.0 Å². The van der Waals surface area contributed by atoms with Crippen molar-refractivity contribution in [2.45, 2.75) is 111 Å². The number of carbonyl (C=O) groups excluding carboxylic acids is 6. The lowest BCUT2D eigenvalue weighted by Gasteiger charge is -2.37. The topological polar surface area (TPSA) is 183 Å². The van der Waals surface area contributed by atoms with E-state index in [1.165, 1.54) is 0 Å². The number of esters is 2. The molecular formula is C109H96N2O14. The Kier molecular flexibility index (Phi) is 23.3. The van der Waals surface area contributed by atoms with E-state index in [0.29, 0.717) is 49.1 Å². The smallest absolute Gasteiger partial charge is 0.335 e. The minimum atomic E-state index is -1.61. The summed E-state index contributed by atoms with van der Waals surface area (Å²) in [6.07, 6.45) is 2.18. The van der Waals surface area contributed by atoms with E-state index in [0.717, 1.165) is 71.9 Å². The van der Waals surface area contributed by atoms with Gasteiger partial charge in [-0.15, -0.1) is 0 Å². The first kappa shape index (κ1) is 83.2. The van der Waals surface area contributed by atoms with E-state index in [4.69, 9.17) is 37.9 Å². The first-order chi connectivity index (χ1) is 60.5. The van der Waals surface area contributed by atoms with Gasteiger partial charge in [-0.2, -0.15) is 0 Å². The summed E-state index contributed by atoms with van der Waals surface area (Å²) >= 11 is 0. The number of unbranched alkanes of at least 4 members (excludes halogenated alkanes) is 1. The van der Waals surface area contributed by atoms with Crippen LogP contribution in [-0.2, 0) is 29.9 Å². The molecule has 2 heterocycles. The van der Waals surface area contributed by atoms with E-state index in [2.05, 4.69) is 41.5 Å². The van der Waals surface area contributed by atoms with Gasteiger partial charge in [0.2, 0.25) is 0 Å². The van der Waals surface area contributed by atoms with Crippen LogP contribution in [0.4, 0.5) is 0 Å². The third-order valence-corrected chi connectivity index (χ3v) is 23.5. The fourth-order valence-electron chi connectivity index (χ4n) is 17.0. The van der Waals surface area contributed by atoms with Gasteiger partial charge >= 0.3 is 11.9 Å². The van der Waals surface area contributed by atoms with E-state index in [1.807, 2.05) is 257 Å². The number of nitrogens with zero attached hydrogens (tertiary/aromatic N) is 2. The predicted molar refractivity (Wildman–Crippen MR) is 491 cm³/mol. The Morgan fingerprint density at radius 1 is 0.296 bits per heavy atom. The van der Waals surface area contributed by atoms with Gasteiger partial charge in [0, 0.05) is 68.1 Å². The molecule has 4 unspecified atom stereocenters. The predicted octanol–water partition coefficient (Wildman–Crippen LogP) is 25.8. The van der Waals surface area contributed by atoms with Crippen LogP contribution in [0.25, 0.3) is 87.6 Å². The molecule has 0 fully saturated rings. The van der Waals surface area contributed by atoms with Crippen LogP contribution >= 0.6 is 0 Å². The van der Waals surface area contributed by atoms with Crippen LogP contribution in [0.1, 0.15) is 141 Å². The molecule has 15 aromatic rings. The molecule has 2 aliphatic rings. The molecule has 626 valence electrons. The van der Waals surface area contributed by atoms with Crippen molar-refractivity contribution in [1.82, 2.24) is 9.80 Å². The second-order valence-electron chi connectivity index (χ2n) is 34.4. The molecule has 0 spiro atoms. The summed E-state index contributed by atoms with van der Waals surface area (Å²) in [7, 11) is 0. The Morgan fingerprint density at radius 3 is 0.792 bits per heavy atom. The fourth-order valence-corrected chi connectivity index (χ4v) is 17.0. The quantitative estimate of drug-likeness (QED) is 0.0108. The van der Waals surface area contributed by atoms with Crippen molar-refractivity contribution < 1.29 is 66.7 Å². The maximum Gasteiger partial charge on any atom is 0.335 e. The largest absolute Gasteiger partial charge is 0.457 e. The van der Waals surface area contributed by atoms with Gasteiger partial charge in [0.1, 0.15) is 69.6 Å². The van der Waals surface area contributed by atoms with Crippen LogP contribution in [-0.4, -0.2) is 83.9 Å². The number of hydrogen-bond donors (Lipinski definition) is 0. The van der Waals surface area contributed by atoms with E-state index < -0.39 is 59.5 Å². The third kappa shape index (κ3) is 16.7. The number of benzene rings is 15. The Morgan fingerprint density at radius 2 is 0.544 bits per heavy atom. The molecule has 2 aliphatic heterocycles. The summed E-state index contributed by atoms with van der Waals surface area (Å²) in [6.45, 7) is 20.6. The summed E-state index contributed by atoms with van der Waals surface area (Å²) < 4.78 is 55.3. The molecule has 0 bridgehead atoms. The van der Waals surface area contributed by atoms with Crippen molar-refractivity contribution >= 4 is 78.7 Å². The van der Waals surface area contributed by atoms with Crippen LogP contribution in [0.2, 0.25) is 0 Å². The average Bonchev–Trinajstić information content (AvgIpc) is 0.668. The number of amides is 4. The Labute approximate surface area is 727 Å². The number of hydrogen-bond acceptors (Lipinski definition) is 14. The highest BCUT2D eigenvalue weighted by atomic mass is 16.5. The molecule has 0 saturated carbocycles. The second kappa shape index (κ2) is 35.0.